The van der Waals surface area contributed by atoms with E-state index in [4.69, 9.17) is 4.42 Å². The number of hydrogen-bond donors (Lipinski definition) is 0. The molecule has 1 fully saturated rings. The van der Waals surface area contributed by atoms with Crippen LogP contribution in [-0.4, -0.2) is 6.71 Å². The average Bonchev–Trinajstić information content (AvgIpc) is 4.26. The van der Waals surface area contributed by atoms with Crippen molar-refractivity contribution in [3.8, 4) is 22.3 Å². The standard InChI is InChI=1S/C77H74BN3O/c1-48-39-52(50-21-15-12-16-22-50)40-49(2)71(48)81-65-34-29-54(73(3,4)5)43-64(65)78-69-59-45-62-63(77(11)38-37-76(62,10)47-77)46-68(59)82-72(69)80(58-32-33-60-61(44-58)75(8,9)36-35-74(60,6)7)66-41-53(42-67(81)70(66)78)51-27-30-57(31-28-51)79(55-23-17-13-18-24-55)56-25-19-14-20-26-56/h12-34,39-46H,35-38,47H2,1-11H3. The van der Waals surface area contributed by atoms with E-state index in [9.17, 15) is 0 Å². The second-order valence-electron chi connectivity index (χ2n) is 27.9. The third-order valence-corrected chi connectivity index (χ3v) is 20.4. The second-order valence-corrected chi connectivity index (χ2v) is 27.9. The maximum atomic E-state index is 7.75. The van der Waals surface area contributed by atoms with E-state index >= 15 is 0 Å². The minimum absolute atomic E-state index is 0.00265. The zero-order valence-corrected chi connectivity index (χ0v) is 49.8. The molecule has 4 nitrogen and oxygen atoms in total. The zero-order valence-electron chi connectivity index (χ0n) is 49.8. The SMILES string of the molecule is Cc1cc(-c2ccccc2)cc(C)c1N1c2ccc(C(C)(C)C)cc2B2c3c(cc(-c4ccc(N(c5ccccc5)c5ccccc5)cc4)cc31)N(c1ccc3c(c1)C(C)(C)CCC3(C)C)c1oc3cc4c(cc3c12)C1(C)CCC4(C)C1. The Bertz CT molecular complexity index is 4180. The van der Waals surface area contributed by atoms with Crippen molar-refractivity contribution in [3.05, 3.63) is 227 Å². The Morgan fingerprint density at radius 3 is 1.63 bits per heavy atom. The molecular formula is C77H74BN3O. The van der Waals surface area contributed by atoms with Gasteiger partial charge in [0.05, 0.1) is 5.69 Å². The Kier molecular flexibility index (Phi) is 11.0. The van der Waals surface area contributed by atoms with Crippen molar-refractivity contribution in [2.24, 2.45) is 0 Å². The van der Waals surface area contributed by atoms with E-state index in [1.54, 1.807) is 0 Å². The fourth-order valence-corrected chi connectivity index (χ4v) is 16.0. The lowest BCUT2D eigenvalue weighted by Crippen LogP contribution is -2.61. The molecule has 82 heavy (non-hydrogen) atoms. The lowest BCUT2D eigenvalue weighted by molar-refractivity contribution is 0.332. The first-order valence-electron chi connectivity index (χ1n) is 30.2. The number of aryl methyl sites for hydroxylation is 2. The maximum Gasteiger partial charge on any atom is 0.257 e. The summed E-state index contributed by atoms with van der Waals surface area (Å²) < 4.78 is 7.75. The molecule has 0 amide bonds. The Labute approximate surface area is 486 Å². The van der Waals surface area contributed by atoms with Gasteiger partial charge in [-0.05, 0) is 236 Å². The number of furan rings is 1. The lowest BCUT2D eigenvalue weighted by Gasteiger charge is -2.45. The molecule has 2 unspecified atom stereocenters. The summed E-state index contributed by atoms with van der Waals surface area (Å²) in [5.41, 5.74) is 28.9. The van der Waals surface area contributed by atoms with Crippen LogP contribution < -0.4 is 31.1 Å². The number of anilines is 9. The minimum Gasteiger partial charge on any atom is -0.440 e. The summed E-state index contributed by atoms with van der Waals surface area (Å²) in [5.74, 6) is 0.937. The quantitative estimate of drug-likeness (QED) is 0.148. The molecule has 15 rings (SSSR count). The van der Waals surface area contributed by atoms with E-state index < -0.39 is 0 Å². The van der Waals surface area contributed by atoms with Crippen LogP contribution in [0.15, 0.2) is 192 Å². The van der Waals surface area contributed by atoms with E-state index in [0.29, 0.717) is 0 Å². The van der Waals surface area contributed by atoms with Crippen LogP contribution in [0.25, 0.3) is 33.2 Å². The lowest BCUT2D eigenvalue weighted by atomic mass is 9.33. The molecule has 0 N–H and O–H groups in total. The predicted octanol–water partition coefficient (Wildman–Crippen LogP) is 19.3. The van der Waals surface area contributed by atoms with Gasteiger partial charge in [-0.25, -0.2) is 0 Å². The third-order valence-electron chi connectivity index (χ3n) is 20.4. The van der Waals surface area contributed by atoms with Crippen molar-refractivity contribution in [2.75, 3.05) is 14.7 Å². The summed E-state index contributed by atoms with van der Waals surface area (Å²) in [4.78, 5) is 7.57. The Hall–Kier alpha value is -8.02. The molecule has 1 saturated carbocycles. The first-order valence-corrected chi connectivity index (χ1v) is 30.2. The van der Waals surface area contributed by atoms with Gasteiger partial charge in [-0.2, -0.15) is 0 Å². The van der Waals surface area contributed by atoms with Crippen molar-refractivity contribution in [1.82, 2.24) is 0 Å². The predicted molar refractivity (Wildman–Crippen MR) is 348 cm³/mol. The molecule has 2 aliphatic heterocycles. The molecule has 2 bridgehead atoms. The molecule has 3 heterocycles. The van der Waals surface area contributed by atoms with E-state index in [-0.39, 0.29) is 33.8 Å². The Morgan fingerprint density at radius 2 is 1.01 bits per heavy atom. The van der Waals surface area contributed by atoms with Crippen LogP contribution in [0.1, 0.15) is 133 Å². The van der Waals surface area contributed by atoms with E-state index in [1.165, 1.54) is 108 Å². The molecule has 0 saturated heterocycles. The highest BCUT2D eigenvalue weighted by molar-refractivity contribution is 7.01. The third kappa shape index (κ3) is 7.63. The van der Waals surface area contributed by atoms with Crippen LogP contribution in [0, 0.1) is 13.8 Å². The molecule has 0 spiro atoms. The number of rotatable bonds is 7. The Balaban J connectivity index is 1.04. The highest BCUT2D eigenvalue weighted by Crippen LogP contribution is 2.62. The molecule has 0 radical (unpaired) electrons. The first kappa shape index (κ1) is 50.9. The van der Waals surface area contributed by atoms with E-state index in [1.807, 2.05) is 0 Å². The summed E-state index contributed by atoms with van der Waals surface area (Å²) in [6, 6.07) is 71.4. The first-order chi connectivity index (χ1) is 39.3. The summed E-state index contributed by atoms with van der Waals surface area (Å²) in [6.45, 7) is 26.4. The topological polar surface area (TPSA) is 22.9 Å². The number of benzene rings is 9. The van der Waals surface area contributed by atoms with Crippen molar-refractivity contribution in [3.63, 3.8) is 0 Å². The highest BCUT2D eigenvalue weighted by atomic mass is 16.4. The van der Waals surface area contributed by atoms with Gasteiger partial charge in [0, 0.05) is 50.7 Å². The zero-order chi connectivity index (χ0) is 56.4. The van der Waals surface area contributed by atoms with Crippen molar-refractivity contribution in [2.45, 2.75) is 135 Å². The van der Waals surface area contributed by atoms with Crippen LogP contribution in [0.2, 0.25) is 0 Å². The van der Waals surface area contributed by atoms with Gasteiger partial charge in [-0.1, -0.05) is 159 Å². The van der Waals surface area contributed by atoms with Crippen molar-refractivity contribution < 1.29 is 4.42 Å². The van der Waals surface area contributed by atoms with E-state index in [2.05, 4.69) is 279 Å². The maximum absolute atomic E-state index is 7.75. The second kappa shape index (κ2) is 17.7. The fraction of sp³-hybridized carbons (Fsp3) is 0.273. The van der Waals surface area contributed by atoms with Gasteiger partial charge in [-0.15, -0.1) is 0 Å². The monoisotopic (exact) mass is 1070 g/mol. The van der Waals surface area contributed by atoms with Crippen LogP contribution in [0.3, 0.4) is 0 Å². The van der Waals surface area contributed by atoms with Gasteiger partial charge in [0.1, 0.15) is 5.58 Å². The van der Waals surface area contributed by atoms with Gasteiger partial charge >= 0.3 is 0 Å². The van der Waals surface area contributed by atoms with Crippen LogP contribution in [-0.2, 0) is 27.1 Å². The highest BCUT2D eigenvalue weighted by Gasteiger charge is 2.54. The molecule has 1 aromatic heterocycles. The van der Waals surface area contributed by atoms with Gasteiger partial charge in [0.2, 0.25) is 5.88 Å². The molecule has 2 atom stereocenters. The molecule has 5 aliphatic rings. The van der Waals surface area contributed by atoms with Gasteiger partial charge < -0.3 is 14.2 Å². The van der Waals surface area contributed by atoms with Gasteiger partial charge in [0.15, 0.2) is 0 Å². The average molecular weight is 1070 g/mol. The van der Waals surface area contributed by atoms with Crippen LogP contribution in [0.4, 0.5) is 51.4 Å². The number of fused-ring (bicyclic) bond motifs is 12. The molecular weight excluding hydrogens is 994 g/mol. The summed E-state index contributed by atoms with van der Waals surface area (Å²) >= 11 is 0. The molecule has 3 aliphatic carbocycles. The van der Waals surface area contributed by atoms with Crippen LogP contribution >= 0.6 is 0 Å². The summed E-state index contributed by atoms with van der Waals surface area (Å²) in [6.07, 6.45) is 5.93. The fourth-order valence-electron chi connectivity index (χ4n) is 16.0. The minimum atomic E-state index is -0.120. The number of hydrogen-bond acceptors (Lipinski definition) is 4. The number of nitrogens with zero attached hydrogens (tertiary/aromatic N) is 3. The molecule has 9 aromatic carbocycles. The molecule has 5 heteroatoms. The van der Waals surface area contributed by atoms with Crippen molar-refractivity contribution >= 4 is 85.5 Å². The summed E-state index contributed by atoms with van der Waals surface area (Å²) in [7, 11) is 0. The van der Waals surface area contributed by atoms with Crippen molar-refractivity contribution in [1.29, 1.82) is 0 Å². The van der Waals surface area contributed by atoms with Gasteiger partial charge in [0.25, 0.3) is 6.71 Å². The largest absolute Gasteiger partial charge is 0.440 e. The number of para-hydroxylation sites is 2. The normalized spacial score (nSPS) is 19.6. The van der Waals surface area contributed by atoms with E-state index in [0.717, 1.165) is 63.9 Å². The smallest absolute Gasteiger partial charge is 0.257 e. The van der Waals surface area contributed by atoms with Gasteiger partial charge in [-0.3, -0.25) is 4.90 Å². The molecule has 10 aromatic rings. The Morgan fingerprint density at radius 1 is 0.463 bits per heavy atom. The summed E-state index contributed by atoms with van der Waals surface area (Å²) in [5, 5.41) is 1.25. The molecule has 406 valence electrons. The van der Waals surface area contributed by atoms with Crippen LogP contribution in [0.5, 0.6) is 0 Å².